The Bertz CT molecular complexity index is 4170. The Morgan fingerprint density at radius 1 is 0.835 bits per heavy atom. The number of nitrogens with one attached hydrogen (secondary N) is 2. The lowest BCUT2D eigenvalue weighted by Crippen LogP contribution is -2.64. The van der Waals surface area contributed by atoms with Gasteiger partial charge in [-0.1, -0.05) is 61.6 Å². The van der Waals surface area contributed by atoms with Crippen molar-refractivity contribution >= 4 is 77.4 Å². The van der Waals surface area contributed by atoms with Crippen molar-refractivity contribution in [1.82, 2.24) is 30.0 Å². The van der Waals surface area contributed by atoms with Crippen LogP contribution in [0.5, 0.6) is 11.5 Å². The van der Waals surface area contributed by atoms with Crippen molar-refractivity contribution in [2.24, 2.45) is 22.0 Å². The maximum Gasteiger partial charge on any atom is 0.410 e. The summed E-state index contributed by atoms with van der Waals surface area (Å²) >= 11 is 1.38. The molecule has 4 bridgehead atoms. The molecular weight excluding hydrogens is 1300 g/mol. The van der Waals surface area contributed by atoms with Crippen LogP contribution in [0.15, 0.2) is 97.2 Å². The standard InChI is InChI=1S/C67H78N8O20S2/c1-38-46(43-16-17-48(71-52(43)59(81)82)40-13-12-39-8-7-9-44(45(39)26-40)57(79)73-62-72-49-10-5-6-11-51(49)96-62)28-70-75(38)37-66-32-64(2)31-65(3,33-66)35-67(34-64,36-66)93-23-20-74(19-22-89-4)63(85)92-29-41-14-15-42(91-25-24-90-21-18-69-58(80)47(68)30-97(86,87)88)27-50(41)94-61-55(78)53(76)54(77)56(95-61)60(83)84/h5-17,26-28,47,53-56,61,76-78H,18-25,29-37,68H2,1-4H3,(H,69,80)(H,81,82)(H,83,84)(H,72,73,79)(H,86,87,88)/t47-,53-,54-,55+,56-,61+,64?,65?,66?,67?/m0/s1. The minimum Gasteiger partial charge on any atom is -0.491 e. The zero-order valence-electron chi connectivity index (χ0n) is 53.8. The fraction of sp³-hybridized carbons (Fsp3) is 0.463. The number of pyridine rings is 1. The molecule has 28 nitrogen and oxygen atoms in total. The second kappa shape index (κ2) is 28.7. The van der Waals surface area contributed by atoms with E-state index in [0.29, 0.717) is 51.4 Å². The molecule has 5 fully saturated rings. The molecule has 12 rings (SSSR count). The summed E-state index contributed by atoms with van der Waals surface area (Å²) in [4.78, 5) is 75.9. The lowest BCUT2D eigenvalue weighted by molar-refractivity contribution is -0.271. The number of thiazole rings is 1. The van der Waals surface area contributed by atoms with Gasteiger partial charge < -0.3 is 74.6 Å². The van der Waals surface area contributed by atoms with Gasteiger partial charge in [-0.25, -0.2) is 24.4 Å². The number of aliphatic hydroxyl groups is 3. The third kappa shape index (κ3) is 16.0. The Balaban J connectivity index is 0.748. The summed E-state index contributed by atoms with van der Waals surface area (Å²) in [6, 6.07) is 25.1. The number of aliphatic hydroxyl groups excluding tert-OH is 3. The number of para-hydroxylation sites is 1. The summed E-state index contributed by atoms with van der Waals surface area (Å²) in [6.45, 7) is 7.06. The number of carbonyl (C=O) groups is 5. The van der Waals surface area contributed by atoms with Crippen LogP contribution in [0.4, 0.5) is 9.93 Å². The van der Waals surface area contributed by atoms with Crippen LogP contribution in [0.2, 0.25) is 0 Å². The van der Waals surface area contributed by atoms with E-state index in [9.17, 15) is 57.9 Å². The number of fused-ring (bicyclic) bond motifs is 2. The van der Waals surface area contributed by atoms with Gasteiger partial charge >= 0.3 is 18.0 Å². The summed E-state index contributed by atoms with van der Waals surface area (Å²) in [5.74, 6) is -4.92. The Hall–Kier alpha value is -8.27. The van der Waals surface area contributed by atoms with Crippen molar-refractivity contribution in [3.05, 3.63) is 120 Å². The molecule has 8 atom stereocenters. The van der Waals surface area contributed by atoms with E-state index in [1.807, 2.05) is 66.2 Å². The SMILES string of the molecule is COCCN(CCOC12CC3(C)CC(C)(CC(Cn4ncc(-c5ccc(-c6ccc7cccc(C(=O)Nc8nc9ccccc9s8)c7c6)nc5C(=O)O)c4C)(C3)C1)C2)C(=O)OCc1ccc(OCCOCCNC(=O)[C@@H](N)CS(=O)(=O)O)cc1O[C@@H]1O[C@H](C(=O)O)[C@@H](O)[C@H](O)[C@H]1O. The Morgan fingerprint density at radius 3 is 2.33 bits per heavy atom. The Labute approximate surface area is 561 Å². The van der Waals surface area contributed by atoms with Crippen LogP contribution in [-0.2, 0) is 56.5 Å². The third-order valence-corrected chi connectivity index (χ3v) is 20.1. The zero-order chi connectivity index (χ0) is 69.2. The number of aromatic nitrogens is 4. The number of carboxylic acid groups (broad SMARTS) is 2. The average Bonchev–Trinajstić information content (AvgIpc) is 1.000. The molecule has 518 valence electrons. The van der Waals surface area contributed by atoms with Crippen molar-refractivity contribution in [1.29, 1.82) is 0 Å². The van der Waals surface area contributed by atoms with Crippen molar-refractivity contribution in [2.75, 3.05) is 70.8 Å². The molecule has 30 heteroatoms. The number of carbonyl (C=O) groups excluding carboxylic acids is 3. The van der Waals surface area contributed by atoms with Crippen LogP contribution < -0.4 is 25.8 Å². The number of methoxy groups -OCH3 is 1. The minimum absolute atomic E-state index is 0.0182. The molecule has 3 amide bonds. The fourth-order valence-corrected chi connectivity index (χ4v) is 16.8. The van der Waals surface area contributed by atoms with Gasteiger partial charge in [0.05, 0.1) is 59.9 Å². The number of aliphatic carboxylic acids is 1. The summed E-state index contributed by atoms with van der Waals surface area (Å²) in [7, 11) is -2.98. The number of nitrogens with zero attached hydrogens (tertiary/aromatic N) is 5. The molecule has 4 saturated carbocycles. The first-order valence-electron chi connectivity index (χ1n) is 31.6. The van der Waals surface area contributed by atoms with E-state index in [2.05, 4.69) is 29.5 Å². The predicted octanol–water partition coefficient (Wildman–Crippen LogP) is 6.05. The highest BCUT2D eigenvalue weighted by atomic mass is 32.2. The first kappa shape index (κ1) is 70.1. The van der Waals surface area contributed by atoms with Gasteiger partial charge in [0, 0.05) is 72.9 Å². The number of hydrogen-bond acceptors (Lipinski definition) is 22. The predicted molar refractivity (Wildman–Crippen MR) is 351 cm³/mol. The lowest BCUT2D eigenvalue weighted by atomic mass is 9.39. The van der Waals surface area contributed by atoms with Crippen molar-refractivity contribution in [2.45, 2.75) is 115 Å². The van der Waals surface area contributed by atoms with Crippen LogP contribution in [0.25, 0.3) is 43.4 Å². The molecule has 4 heterocycles. The van der Waals surface area contributed by atoms with E-state index in [1.54, 1.807) is 24.4 Å². The van der Waals surface area contributed by atoms with Gasteiger partial charge in [0.2, 0.25) is 12.2 Å². The smallest absolute Gasteiger partial charge is 0.410 e. The van der Waals surface area contributed by atoms with Crippen LogP contribution in [-0.4, -0.2) is 201 Å². The van der Waals surface area contributed by atoms with Gasteiger partial charge in [0.25, 0.3) is 16.0 Å². The summed E-state index contributed by atoms with van der Waals surface area (Å²) < 4.78 is 75.0. The highest BCUT2D eigenvalue weighted by molar-refractivity contribution is 7.85. The molecule has 10 N–H and O–H groups in total. The summed E-state index contributed by atoms with van der Waals surface area (Å²) in [5.41, 5.74) is 8.64. The van der Waals surface area contributed by atoms with Crippen LogP contribution in [0, 0.1) is 23.2 Å². The minimum atomic E-state index is -4.48. The van der Waals surface area contributed by atoms with Crippen molar-refractivity contribution in [3.8, 4) is 33.9 Å². The molecule has 0 radical (unpaired) electrons. The topological polar surface area (TPSA) is 402 Å². The molecule has 7 aromatic rings. The number of rotatable bonds is 29. The van der Waals surface area contributed by atoms with Crippen molar-refractivity contribution in [3.63, 3.8) is 0 Å². The maximum atomic E-state index is 14.1. The van der Waals surface area contributed by atoms with Gasteiger partial charge in [-0.2, -0.15) is 13.5 Å². The molecule has 0 spiro atoms. The van der Waals surface area contributed by atoms with Crippen LogP contribution in [0.3, 0.4) is 0 Å². The number of carboxylic acids is 2. The van der Waals surface area contributed by atoms with Gasteiger partial charge in [-0.15, -0.1) is 0 Å². The summed E-state index contributed by atoms with van der Waals surface area (Å²) in [6.07, 6.45) is -3.64. The molecule has 1 aliphatic heterocycles. The molecule has 1 saturated heterocycles. The van der Waals surface area contributed by atoms with Gasteiger partial charge in [-0.05, 0) is 121 Å². The van der Waals surface area contributed by atoms with Gasteiger partial charge in [0.1, 0.15) is 49.1 Å². The number of benzene rings is 4. The number of aromatic carboxylic acids is 1. The van der Waals surface area contributed by atoms with Crippen LogP contribution >= 0.6 is 11.3 Å². The number of anilines is 1. The second-order valence-corrected chi connectivity index (χ2v) is 28.9. The zero-order valence-corrected chi connectivity index (χ0v) is 55.4. The Kier molecular flexibility index (Phi) is 20.7. The Morgan fingerprint density at radius 2 is 1.60 bits per heavy atom. The highest BCUT2D eigenvalue weighted by Crippen LogP contribution is 2.72. The maximum absolute atomic E-state index is 14.1. The molecule has 3 aromatic heterocycles. The van der Waals surface area contributed by atoms with Gasteiger partial charge in [0.15, 0.2) is 16.9 Å². The first-order valence-corrected chi connectivity index (χ1v) is 34.0. The van der Waals surface area contributed by atoms with E-state index in [1.165, 1.54) is 41.5 Å². The van der Waals surface area contributed by atoms with Gasteiger partial charge in [-0.3, -0.25) is 24.1 Å². The second-order valence-electron chi connectivity index (χ2n) is 26.4. The molecule has 4 aromatic carbocycles. The van der Waals surface area contributed by atoms with E-state index in [-0.39, 0.29) is 97.6 Å². The number of nitrogens with two attached hydrogens (primary N) is 1. The third-order valence-electron chi connectivity index (χ3n) is 18.4. The largest absolute Gasteiger partial charge is 0.491 e. The normalized spacial score (nSPS) is 24.6. The lowest BCUT2D eigenvalue weighted by Gasteiger charge is -2.69. The van der Waals surface area contributed by atoms with E-state index in [4.69, 9.17) is 53.5 Å². The number of amides is 3. The van der Waals surface area contributed by atoms with Crippen LogP contribution in [0.1, 0.15) is 84.5 Å². The molecule has 4 aliphatic carbocycles. The number of ether oxygens (including phenoxy) is 7. The summed E-state index contributed by atoms with van der Waals surface area (Å²) in [5, 5.41) is 64.5. The average molecular weight is 1380 g/mol. The fourth-order valence-electron chi connectivity index (χ4n) is 15.3. The van der Waals surface area contributed by atoms with E-state index < -0.39 is 88.8 Å². The van der Waals surface area contributed by atoms with Crippen molar-refractivity contribution < 1.29 is 95.6 Å². The molecular formula is C67H78N8O20S2. The first-order chi connectivity index (χ1) is 46.1. The molecule has 2 unspecified atom stereocenters. The monoisotopic (exact) mass is 1380 g/mol. The number of hydrogen-bond donors (Lipinski definition) is 9. The van der Waals surface area contributed by atoms with E-state index in [0.717, 1.165) is 53.4 Å². The quantitative estimate of drug-likeness (QED) is 0.0190. The molecule has 5 aliphatic rings. The van der Waals surface area contributed by atoms with E-state index >= 15 is 0 Å². The highest BCUT2D eigenvalue weighted by Gasteiger charge is 2.66. The molecule has 97 heavy (non-hydrogen) atoms.